The number of unbranched alkanes of at least 4 members (excludes halogenated alkanes) is 6. The smallest absolute Gasteiger partial charge is 0.434 e. The zero-order valence-corrected chi connectivity index (χ0v) is 22.0. The number of hydrogen-bond donors (Lipinski definition) is 0. The molecular weight excluding hydrogens is 450 g/mol. The van der Waals surface area contributed by atoms with Crippen LogP contribution in [0, 0.1) is 11.3 Å². The van der Waals surface area contributed by atoms with E-state index in [1.807, 2.05) is 12.4 Å². The molecule has 1 aromatic heterocycles. The fraction of sp³-hybridized carbons (Fsp3) is 0.600. The van der Waals surface area contributed by atoms with Crippen molar-refractivity contribution in [1.82, 2.24) is 9.97 Å². The van der Waals surface area contributed by atoms with Crippen LogP contribution in [0.3, 0.4) is 0 Å². The van der Waals surface area contributed by atoms with Gasteiger partial charge in [-0.25, -0.2) is 14.8 Å². The molecule has 3 rings (SSSR count). The Morgan fingerprint density at radius 3 is 2.25 bits per heavy atom. The second kappa shape index (κ2) is 14.6. The van der Waals surface area contributed by atoms with Crippen LogP contribution in [0.5, 0.6) is 0 Å². The summed E-state index contributed by atoms with van der Waals surface area (Å²) < 4.78 is 10.6. The van der Waals surface area contributed by atoms with Crippen LogP contribution in [0.1, 0.15) is 108 Å². The molecular formula is C30H41N3O3. The number of rotatable bonds is 13. The molecule has 194 valence electrons. The van der Waals surface area contributed by atoms with Crippen LogP contribution in [-0.2, 0) is 15.9 Å². The van der Waals surface area contributed by atoms with Crippen LogP contribution in [-0.4, -0.2) is 28.3 Å². The lowest BCUT2D eigenvalue weighted by molar-refractivity contribution is -0.0261. The van der Waals surface area contributed by atoms with E-state index in [-0.39, 0.29) is 0 Å². The third-order valence-corrected chi connectivity index (χ3v) is 7.16. The molecule has 6 heteroatoms. The lowest BCUT2D eigenvalue weighted by Crippen LogP contribution is -2.37. The molecule has 0 aliphatic heterocycles. The normalized spacial score (nSPS) is 19.4. The van der Waals surface area contributed by atoms with Gasteiger partial charge in [0.2, 0.25) is 5.60 Å². The molecule has 1 heterocycles. The van der Waals surface area contributed by atoms with E-state index in [1.54, 1.807) is 0 Å². The summed E-state index contributed by atoms with van der Waals surface area (Å²) in [6, 6.07) is 10.7. The summed E-state index contributed by atoms with van der Waals surface area (Å²) in [5, 5.41) is 9.72. The van der Waals surface area contributed by atoms with Crippen LogP contribution in [0.15, 0.2) is 36.7 Å². The quantitative estimate of drug-likeness (QED) is 0.209. The van der Waals surface area contributed by atoms with Gasteiger partial charge in [-0.1, -0.05) is 76.6 Å². The molecule has 0 spiro atoms. The lowest BCUT2D eigenvalue weighted by Gasteiger charge is -2.34. The van der Waals surface area contributed by atoms with Gasteiger partial charge >= 0.3 is 6.16 Å². The van der Waals surface area contributed by atoms with E-state index < -0.39 is 11.8 Å². The van der Waals surface area contributed by atoms with Gasteiger partial charge in [0.1, 0.15) is 6.07 Å². The van der Waals surface area contributed by atoms with Crippen molar-refractivity contribution in [2.45, 2.75) is 109 Å². The van der Waals surface area contributed by atoms with Crippen molar-refractivity contribution >= 4 is 6.16 Å². The maximum absolute atomic E-state index is 12.1. The van der Waals surface area contributed by atoms with E-state index in [2.05, 4.69) is 54.2 Å². The van der Waals surface area contributed by atoms with Crippen LogP contribution >= 0.6 is 0 Å². The predicted molar refractivity (Wildman–Crippen MR) is 141 cm³/mol. The minimum Gasteiger partial charge on any atom is -0.434 e. The fourth-order valence-corrected chi connectivity index (χ4v) is 4.82. The van der Waals surface area contributed by atoms with Gasteiger partial charge in [0.15, 0.2) is 5.82 Å². The molecule has 36 heavy (non-hydrogen) atoms. The molecule has 6 nitrogen and oxygen atoms in total. The SMILES string of the molecule is CCCCCCCc1cnc(-c2ccc([C@H]3CC[C@@](C#N)(OC(=O)OCCCCC)CC3)cc2)nc1. The van der Waals surface area contributed by atoms with Crippen LogP contribution in [0.25, 0.3) is 11.4 Å². The first kappa shape index (κ1) is 27.6. The van der Waals surface area contributed by atoms with Crippen molar-refractivity contribution < 1.29 is 14.3 Å². The van der Waals surface area contributed by atoms with Gasteiger partial charge in [-0.2, -0.15) is 5.26 Å². The van der Waals surface area contributed by atoms with Crippen molar-refractivity contribution in [2.24, 2.45) is 0 Å². The molecule has 0 unspecified atom stereocenters. The molecule has 1 aromatic carbocycles. The highest BCUT2D eigenvalue weighted by Crippen LogP contribution is 2.40. The number of benzene rings is 1. The molecule has 1 aliphatic rings. The minimum atomic E-state index is -1.08. The topological polar surface area (TPSA) is 85.1 Å². The Morgan fingerprint density at radius 1 is 0.972 bits per heavy atom. The molecule has 1 saturated carbocycles. The monoisotopic (exact) mass is 491 g/mol. The number of hydrogen-bond acceptors (Lipinski definition) is 6. The third-order valence-electron chi connectivity index (χ3n) is 7.16. The molecule has 0 radical (unpaired) electrons. The van der Waals surface area contributed by atoms with Crippen LogP contribution in [0.4, 0.5) is 4.79 Å². The summed E-state index contributed by atoms with van der Waals surface area (Å²) in [4.78, 5) is 21.2. The Hall–Kier alpha value is -2.94. The second-order valence-electron chi connectivity index (χ2n) is 9.99. The van der Waals surface area contributed by atoms with E-state index in [9.17, 15) is 10.1 Å². The van der Waals surface area contributed by atoms with E-state index in [1.165, 1.54) is 43.2 Å². The first-order chi connectivity index (χ1) is 17.6. The van der Waals surface area contributed by atoms with E-state index in [4.69, 9.17) is 9.47 Å². The number of nitriles is 1. The summed E-state index contributed by atoms with van der Waals surface area (Å²) in [5.41, 5.74) is 2.35. The van der Waals surface area contributed by atoms with Crippen LogP contribution in [0.2, 0.25) is 0 Å². The lowest BCUT2D eigenvalue weighted by atomic mass is 9.76. The zero-order chi connectivity index (χ0) is 25.6. The standard InChI is InChI=1S/C30H41N3O3/c1-3-5-7-8-9-11-24-21-32-28(33-22-24)27-14-12-25(13-15-27)26-16-18-30(23-31,19-17-26)36-29(34)35-20-10-6-4-2/h12-15,21-22,26H,3-11,16-20H2,1-2H3/t26-,30+. The van der Waals surface area contributed by atoms with Gasteiger partial charge in [0.05, 0.1) is 6.61 Å². The average Bonchev–Trinajstić information content (AvgIpc) is 2.92. The molecule has 0 bridgehead atoms. The average molecular weight is 492 g/mol. The number of nitrogens with zero attached hydrogens (tertiary/aromatic N) is 3. The van der Waals surface area contributed by atoms with Crippen molar-refractivity contribution in [1.29, 1.82) is 5.26 Å². The maximum Gasteiger partial charge on any atom is 0.509 e. The summed E-state index contributed by atoms with van der Waals surface area (Å²) in [5.74, 6) is 1.08. The van der Waals surface area contributed by atoms with Gasteiger partial charge in [-0.15, -0.1) is 0 Å². The fourth-order valence-electron chi connectivity index (χ4n) is 4.82. The maximum atomic E-state index is 12.1. The van der Waals surface area contributed by atoms with Gasteiger partial charge in [-0.3, -0.25) is 0 Å². The Labute approximate surface area is 216 Å². The molecule has 2 aromatic rings. The highest BCUT2D eigenvalue weighted by Gasteiger charge is 2.40. The Kier molecular flexibility index (Phi) is 11.2. The van der Waals surface area contributed by atoms with E-state index >= 15 is 0 Å². The van der Waals surface area contributed by atoms with E-state index in [0.29, 0.717) is 25.4 Å². The molecule has 1 fully saturated rings. The summed E-state index contributed by atoms with van der Waals surface area (Å²) in [7, 11) is 0. The minimum absolute atomic E-state index is 0.334. The summed E-state index contributed by atoms with van der Waals surface area (Å²) in [6.07, 6.45) is 16.1. The molecule has 0 saturated heterocycles. The number of carbonyl (C=O) groups is 1. The van der Waals surface area contributed by atoms with Crippen molar-refractivity contribution in [3.05, 3.63) is 47.8 Å². The van der Waals surface area contributed by atoms with Gasteiger partial charge in [0.25, 0.3) is 0 Å². The highest BCUT2D eigenvalue weighted by molar-refractivity contribution is 5.61. The predicted octanol–water partition coefficient (Wildman–Crippen LogP) is 7.92. The third kappa shape index (κ3) is 8.33. The van der Waals surface area contributed by atoms with E-state index in [0.717, 1.165) is 49.9 Å². The highest BCUT2D eigenvalue weighted by atomic mass is 16.7. The van der Waals surface area contributed by atoms with Gasteiger partial charge in [0, 0.05) is 30.8 Å². The Balaban J connectivity index is 1.48. The summed E-state index contributed by atoms with van der Waals surface area (Å²) >= 11 is 0. The summed E-state index contributed by atoms with van der Waals surface area (Å²) in [6.45, 7) is 4.67. The molecule has 0 N–H and O–H groups in total. The largest absolute Gasteiger partial charge is 0.509 e. The zero-order valence-electron chi connectivity index (χ0n) is 22.0. The van der Waals surface area contributed by atoms with Crippen molar-refractivity contribution in [3.8, 4) is 17.5 Å². The van der Waals surface area contributed by atoms with Gasteiger partial charge in [-0.05, 0) is 49.1 Å². The first-order valence-corrected chi connectivity index (χ1v) is 13.8. The first-order valence-electron chi connectivity index (χ1n) is 13.8. The number of aryl methyl sites for hydroxylation is 1. The van der Waals surface area contributed by atoms with Crippen molar-refractivity contribution in [3.63, 3.8) is 0 Å². The molecule has 0 atom stereocenters. The Morgan fingerprint density at radius 2 is 1.61 bits per heavy atom. The molecule has 1 aliphatic carbocycles. The van der Waals surface area contributed by atoms with Gasteiger partial charge < -0.3 is 9.47 Å². The second-order valence-corrected chi connectivity index (χ2v) is 9.99. The van der Waals surface area contributed by atoms with Crippen LogP contribution < -0.4 is 0 Å². The number of carbonyl (C=O) groups excluding carboxylic acids is 1. The van der Waals surface area contributed by atoms with Crippen molar-refractivity contribution in [2.75, 3.05) is 6.61 Å². The number of ether oxygens (including phenoxy) is 2. The molecule has 0 amide bonds. The Bertz CT molecular complexity index is 958. The number of aromatic nitrogens is 2.